The molecule has 0 saturated carbocycles. The Morgan fingerprint density at radius 1 is 1.29 bits per heavy atom. The monoisotopic (exact) mass is 308 g/mol. The summed E-state index contributed by atoms with van der Waals surface area (Å²) >= 11 is 6.23. The molecule has 1 aromatic carbocycles. The molecule has 2 heterocycles. The molecule has 3 rings (SSSR count). The minimum Gasteiger partial charge on any atom is -0.333 e. The van der Waals surface area contributed by atoms with E-state index in [4.69, 9.17) is 11.6 Å². The third kappa shape index (κ3) is 2.62. The SMILES string of the molecule is Cc1cc(C(=O)N2C3CCC2CC(Cl)C3)cc([N+](=O)[O-])c1. The largest absolute Gasteiger partial charge is 0.333 e. The van der Waals surface area contributed by atoms with E-state index < -0.39 is 4.92 Å². The Morgan fingerprint density at radius 3 is 2.48 bits per heavy atom. The predicted molar refractivity (Wildman–Crippen MR) is 79.7 cm³/mol. The van der Waals surface area contributed by atoms with Gasteiger partial charge in [-0.2, -0.15) is 0 Å². The van der Waals surface area contributed by atoms with Crippen LogP contribution in [0.1, 0.15) is 41.6 Å². The van der Waals surface area contributed by atoms with Crippen LogP contribution in [0.15, 0.2) is 18.2 Å². The van der Waals surface area contributed by atoms with Gasteiger partial charge >= 0.3 is 0 Å². The maximum atomic E-state index is 12.8. The smallest absolute Gasteiger partial charge is 0.270 e. The lowest BCUT2D eigenvalue weighted by molar-refractivity contribution is -0.384. The van der Waals surface area contributed by atoms with Crippen molar-refractivity contribution in [2.75, 3.05) is 0 Å². The lowest BCUT2D eigenvalue weighted by Gasteiger charge is -2.37. The zero-order valence-electron chi connectivity index (χ0n) is 11.8. The summed E-state index contributed by atoms with van der Waals surface area (Å²) in [6, 6.07) is 4.94. The molecule has 21 heavy (non-hydrogen) atoms. The summed E-state index contributed by atoms with van der Waals surface area (Å²) in [6.07, 6.45) is 3.59. The number of nitro benzene ring substituents is 1. The van der Waals surface area contributed by atoms with Crippen LogP contribution in [0.3, 0.4) is 0 Å². The fourth-order valence-electron chi connectivity index (χ4n) is 3.58. The van der Waals surface area contributed by atoms with Crippen LogP contribution in [0, 0.1) is 17.0 Å². The molecule has 2 saturated heterocycles. The molecule has 1 amide bonds. The highest BCUT2D eigenvalue weighted by molar-refractivity contribution is 6.20. The minimum atomic E-state index is -0.455. The number of halogens is 1. The minimum absolute atomic E-state index is 0.0297. The predicted octanol–water partition coefficient (Wildman–Crippen LogP) is 3.28. The van der Waals surface area contributed by atoms with Crippen molar-refractivity contribution < 1.29 is 9.72 Å². The van der Waals surface area contributed by atoms with E-state index in [0.717, 1.165) is 31.2 Å². The van der Waals surface area contributed by atoms with E-state index in [9.17, 15) is 14.9 Å². The van der Waals surface area contributed by atoms with E-state index in [1.54, 1.807) is 13.0 Å². The average Bonchev–Trinajstić information content (AvgIpc) is 2.69. The highest BCUT2D eigenvalue weighted by atomic mass is 35.5. The summed E-state index contributed by atoms with van der Waals surface area (Å²) in [5.41, 5.74) is 1.11. The van der Waals surface area contributed by atoms with Crippen LogP contribution in [0.5, 0.6) is 0 Å². The van der Waals surface area contributed by atoms with E-state index in [-0.39, 0.29) is 29.1 Å². The molecule has 5 nitrogen and oxygen atoms in total. The maximum absolute atomic E-state index is 12.8. The number of non-ortho nitro benzene ring substituents is 1. The number of nitrogens with zero attached hydrogens (tertiary/aromatic N) is 2. The number of amides is 1. The second-order valence-electron chi connectivity index (χ2n) is 5.98. The second kappa shape index (κ2) is 5.30. The van der Waals surface area contributed by atoms with Crippen molar-refractivity contribution in [1.82, 2.24) is 4.90 Å². The third-order valence-electron chi connectivity index (χ3n) is 4.43. The molecule has 2 aliphatic rings. The van der Waals surface area contributed by atoms with Gasteiger partial charge in [0.2, 0.25) is 0 Å². The van der Waals surface area contributed by atoms with E-state index in [0.29, 0.717) is 5.56 Å². The van der Waals surface area contributed by atoms with Crippen molar-refractivity contribution in [2.24, 2.45) is 0 Å². The first kappa shape index (κ1) is 14.3. The molecule has 2 bridgehead atoms. The fourth-order valence-corrected chi connectivity index (χ4v) is 3.99. The molecule has 0 aromatic heterocycles. The second-order valence-corrected chi connectivity index (χ2v) is 6.60. The van der Waals surface area contributed by atoms with Gasteiger partial charge in [0.05, 0.1) is 4.92 Å². The number of hydrogen-bond donors (Lipinski definition) is 0. The number of hydrogen-bond acceptors (Lipinski definition) is 3. The molecule has 0 aliphatic carbocycles. The van der Waals surface area contributed by atoms with Gasteiger partial charge in [-0.1, -0.05) is 0 Å². The van der Waals surface area contributed by atoms with Crippen LogP contribution in [0.2, 0.25) is 0 Å². The number of fused-ring (bicyclic) bond motifs is 2. The number of piperidine rings is 1. The van der Waals surface area contributed by atoms with Crippen molar-refractivity contribution >= 4 is 23.2 Å². The first-order valence-corrected chi connectivity index (χ1v) is 7.62. The highest BCUT2D eigenvalue weighted by Crippen LogP contribution is 2.38. The number of aryl methyl sites for hydroxylation is 1. The molecular formula is C15H17ClN2O3. The molecule has 0 radical (unpaired) electrons. The Hall–Kier alpha value is -1.62. The van der Waals surface area contributed by atoms with Crippen molar-refractivity contribution in [2.45, 2.75) is 50.1 Å². The van der Waals surface area contributed by atoms with Gasteiger partial charge in [0, 0.05) is 35.2 Å². The van der Waals surface area contributed by atoms with Crippen LogP contribution < -0.4 is 0 Å². The highest BCUT2D eigenvalue weighted by Gasteiger charge is 2.43. The Labute approximate surface area is 128 Å². The summed E-state index contributed by atoms with van der Waals surface area (Å²) < 4.78 is 0. The number of alkyl halides is 1. The molecule has 2 atom stereocenters. The molecule has 0 N–H and O–H groups in total. The Kier molecular flexibility index (Phi) is 3.61. The van der Waals surface area contributed by atoms with Gasteiger partial charge in [-0.05, 0) is 44.2 Å². The molecule has 2 aliphatic heterocycles. The van der Waals surface area contributed by atoms with Crippen molar-refractivity contribution in [3.63, 3.8) is 0 Å². The first-order valence-electron chi connectivity index (χ1n) is 7.18. The number of benzene rings is 1. The molecule has 2 unspecified atom stereocenters. The lowest BCUT2D eigenvalue weighted by atomic mass is 10.00. The van der Waals surface area contributed by atoms with Crippen LogP contribution >= 0.6 is 11.6 Å². The standard InChI is InChI=1S/C15H17ClN2O3/c1-9-4-10(6-14(5-9)18(20)21)15(19)17-12-2-3-13(17)8-11(16)7-12/h4-6,11-13H,2-3,7-8H2,1H3. The van der Waals surface area contributed by atoms with Gasteiger partial charge in [0.25, 0.3) is 11.6 Å². The van der Waals surface area contributed by atoms with Gasteiger partial charge in [0.1, 0.15) is 0 Å². The van der Waals surface area contributed by atoms with Gasteiger partial charge in [-0.15, -0.1) is 11.6 Å². The Balaban J connectivity index is 1.91. The molecule has 2 fully saturated rings. The zero-order chi connectivity index (χ0) is 15.1. The van der Waals surface area contributed by atoms with Crippen molar-refractivity contribution in [1.29, 1.82) is 0 Å². The van der Waals surface area contributed by atoms with Crippen LogP contribution in [-0.4, -0.2) is 33.2 Å². The van der Waals surface area contributed by atoms with Gasteiger partial charge in [-0.25, -0.2) is 0 Å². The van der Waals surface area contributed by atoms with Gasteiger partial charge in [-0.3, -0.25) is 14.9 Å². The summed E-state index contributed by atoms with van der Waals surface area (Å²) in [5, 5.41) is 11.1. The Morgan fingerprint density at radius 2 is 1.90 bits per heavy atom. The molecule has 0 spiro atoms. The molecule has 1 aromatic rings. The Bertz CT molecular complexity index is 591. The quantitative estimate of drug-likeness (QED) is 0.478. The van der Waals surface area contributed by atoms with Crippen LogP contribution in [-0.2, 0) is 0 Å². The maximum Gasteiger partial charge on any atom is 0.270 e. The number of carbonyl (C=O) groups is 1. The van der Waals surface area contributed by atoms with Crippen LogP contribution in [0.25, 0.3) is 0 Å². The normalized spacial score (nSPS) is 27.7. The molecule has 112 valence electrons. The molecule has 6 heteroatoms. The fraction of sp³-hybridized carbons (Fsp3) is 0.533. The summed E-state index contributed by atoms with van der Waals surface area (Å²) in [6.45, 7) is 1.77. The van der Waals surface area contributed by atoms with E-state index >= 15 is 0 Å². The molecular weight excluding hydrogens is 292 g/mol. The van der Waals surface area contributed by atoms with E-state index in [1.165, 1.54) is 12.1 Å². The van der Waals surface area contributed by atoms with Crippen molar-refractivity contribution in [3.05, 3.63) is 39.4 Å². The van der Waals surface area contributed by atoms with E-state index in [1.807, 2.05) is 4.90 Å². The topological polar surface area (TPSA) is 63.5 Å². The van der Waals surface area contributed by atoms with Crippen molar-refractivity contribution in [3.8, 4) is 0 Å². The van der Waals surface area contributed by atoms with Gasteiger partial charge in [0.15, 0.2) is 0 Å². The number of carbonyl (C=O) groups excluding carboxylic acids is 1. The lowest BCUT2D eigenvalue weighted by Crippen LogP contribution is -2.47. The zero-order valence-corrected chi connectivity index (χ0v) is 12.5. The van der Waals surface area contributed by atoms with Gasteiger partial charge < -0.3 is 4.90 Å². The third-order valence-corrected chi connectivity index (χ3v) is 4.79. The average molecular weight is 309 g/mol. The first-order chi connectivity index (χ1) is 9.95. The summed E-state index contributed by atoms with van der Waals surface area (Å²) in [4.78, 5) is 25.2. The summed E-state index contributed by atoms with van der Waals surface area (Å²) in [7, 11) is 0. The van der Waals surface area contributed by atoms with E-state index in [2.05, 4.69) is 0 Å². The summed E-state index contributed by atoms with van der Waals surface area (Å²) in [5.74, 6) is -0.0992. The number of rotatable bonds is 2. The number of nitro groups is 1. The van der Waals surface area contributed by atoms with Crippen LogP contribution in [0.4, 0.5) is 5.69 Å².